The number of rotatable bonds is 7. The molecular formula is C22H28N2O2S. The third-order valence-corrected chi connectivity index (χ3v) is 6.87. The lowest BCUT2D eigenvalue weighted by atomic mass is 9.93. The molecule has 2 heterocycles. The Morgan fingerprint density at radius 1 is 1.30 bits per heavy atom. The number of nitrogens with zero attached hydrogens (tertiary/aromatic N) is 1. The van der Waals surface area contributed by atoms with Crippen LogP contribution in [-0.2, 0) is 17.8 Å². The predicted molar refractivity (Wildman–Crippen MR) is 109 cm³/mol. The molecule has 1 N–H and O–H groups in total. The van der Waals surface area contributed by atoms with Crippen LogP contribution in [0.4, 0.5) is 0 Å². The summed E-state index contributed by atoms with van der Waals surface area (Å²) in [6.45, 7) is 2.92. The van der Waals surface area contributed by atoms with Crippen molar-refractivity contribution in [2.75, 3.05) is 20.2 Å². The number of nitrogens with one attached hydrogen (secondary N) is 1. The lowest BCUT2D eigenvalue weighted by Crippen LogP contribution is -2.39. The quantitative estimate of drug-likeness (QED) is 0.788. The van der Waals surface area contributed by atoms with Crippen LogP contribution in [-0.4, -0.2) is 37.0 Å². The maximum Gasteiger partial charge on any atom is 0.223 e. The number of hydrogen-bond acceptors (Lipinski definition) is 4. The fourth-order valence-corrected chi connectivity index (χ4v) is 5.06. The second-order valence-corrected chi connectivity index (χ2v) is 8.62. The van der Waals surface area contributed by atoms with E-state index in [0.29, 0.717) is 17.9 Å². The fourth-order valence-electron chi connectivity index (χ4n) is 4.40. The van der Waals surface area contributed by atoms with Crippen molar-refractivity contribution in [3.63, 3.8) is 0 Å². The number of hydrogen-bond donors (Lipinski definition) is 1. The predicted octanol–water partition coefficient (Wildman–Crippen LogP) is 3.86. The van der Waals surface area contributed by atoms with E-state index in [9.17, 15) is 4.79 Å². The van der Waals surface area contributed by atoms with Gasteiger partial charge < -0.3 is 15.0 Å². The monoisotopic (exact) mass is 384 g/mol. The van der Waals surface area contributed by atoms with E-state index in [1.165, 1.54) is 24.8 Å². The van der Waals surface area contributed by atoms with Crippen LogP contribution in [0.3, 0.4) is 0 Å². The first-order valence-electron chi connectivity index (χ1n) is 9.84. The van der Waals surface area contributed by atoms with Gasteiger partial charge in [0.15, 0.2) is 0 Å². The summed E-state index contributed by atoms with van der Waals surface area (Å²) >= 11 is 1.70. The van der Waals surface area contributed by atoms with Crippen LogP contribution in [0.1, 0.15) is 36.8 Å². The van der Waals surface area contributed by atoms with Crippen molar-refractivity contribution in [3.05, 3.63) is 52.2 Å². The van der Waals surface area contributed by atoms with Gasteiger partial charge in [0.25, 0.3) is 0 Å². The van der Waals surface area contributed by atoms with Gasteiger partial charge >= 0.3 is 0 Å². The second-order valence-electron chi connectivity index (χ2n) is 7.84. The largest absolute Gasteiger partial charge is 0.497 e. The number of methoxy groups -OCH3 is 1. The minimum Gasteiger partial charge on any atom is -0.497 e. The molecule has 1 aliphatic carbocycles. The summed E-state index contributed by atoms with van der Waals surface area (Å²) in [6.07, 6.45) is 4.88. The van der Waals surface area contributed by atoms with Crippen molar-refractivity contribution >= 4 is 17.2 Å². The molecule has 1 amide bonds. The molecule has 1 aromatic carbocycles. The molecule has 0 radical (unpaired) electrons. The van der Waals surface area contributed by atoms with E-state index in [2.05, 4.69) is 33.1 Å². The Labute approximate surface area is 165 Å². The molecule has 5 heteroatoms. The molecule has 1 spiro atoms. The minimum atomic E-state index is 0.282. The number of carbonyl (C=O) groups is 1. The van der Waals surface area contributed by atoms with E-state index in [1.54, 1.807) is 18.4 Å². The molecule has 1 aliphatic heterocycles. The van der Waals surface area contributed by atoms with Crippen LogP contribution in [0.2, 0.25) is 0 Å². The van der Waals surface area contributed by atoms with Crippen molar-refractivity contribution in [2.24, 2.45) is 5.41 Å². The molecule has 1 atom stereocenters. The van der Waals surface area contributed by atoms with Gasteiger partial charge in [-0.1, -0.05) is 12.1 Å². The fraction of sp³-hybridized carbons (Fsp3) is 0.500. The number of piperidine rings is 1. The van der Waals surface area contributed by atoms with Crippen molar-refractivity contribution in [3.8, 4) is 5.75 Å². The number of aryl methyl sites for hydroxylation is 1. The van der Waals surface area contributed by atoms with E-state index in [4.69, 9.17) is 4.74 Å². The van der Waals surface area contributed by atoms with Crippen LogP contribution >= 0.6 is 11.3 Å². The zero-order chi connectivity index (χ0) is 18.7. The first-order valence-corrected chi connectivity index (χ1v) is 10.8. The van der Waals surface area contributed by atoms with Gasteiger partial charge in [-0.2, -0.15) is 11.3 Å². The van der Waals surface area contributed by atoms with Crippen molar-refractivity contribution in [1.82, 2.24) is 10.2 Å². The van der Waals surface area contributed by atoms with Crippen LogP contribution in [0.15, 0.2) is 41.1 Å². The second kappa shape index (κ2) is 8.03. The number of amides is 1. The van der Waals surface area contributed by atoms with Crippen molar-refractivity contribution < 1.29 is 9.53 Å². The van der Waals surface area contributed by atoms with Gasteiger partial charge in [0.05, 0.1) is 7.11 Å². The molecule has 4 nitrogen and oxygen atoms in total. The van der Waals surface area contributed by atoms with E-state index < -0.39 is 0 Å². The molecule has 1 unspecified atom stereocenters. The normalized spacial score (nSPS) is 20.4. The first kappa shape index (κ1) is 18.5. The highest BCUT2D eigenvalue weighted by molar-refractivity contribution is 7.07. The molecule has 2 aliphatic rings. The number of carbonyl (C=O) groups excluding carboxylic acids is 1. The maximum absolute atomic E-state index is 13.2. The molecule has 0 bridgehead atoms. The lowest BCUT2D eigenvalue weighted by molar-refractivity contribution is -0.133. The SMILES string of the molecule is COc1cccc(CCC(=O)N(Cc2ccsc2)C2CC23CCNCC3)c1. The van der Waals surface area contributed by atoms with Gasteiger partial charge in [0.1, 0.15) is 5.75 Å². The summed E-state index contributed by atoms with van der Waals surface area (Å²) < 4.78 is 5.30. The van der Waals surface area contributed by atoms with E-state index in [-0.39, 0.29) is 5.91 Å². The minimum absolute atomic E-state index is 0.282. The van der Waals surface area contributed by atoms with Crippen LogP contribution < -0.4 is 10.1 Å². The molecule has 1 saturated carbocycles. The Balaban J connectivity index is 1.44. The molecular weight excluding hydrogens is 356 g/mol. The van der Waals surface area contributed by atoms with Crippen LogP contribution in [0.5, 0.6) is 5.75 Å². The maximum atomic E-state index is 13.2. The highest BCUT2D eigenvalue weighted by Gasteiger charge is 2.57. The molecule has 2 aromatic rings. The van der Waals surface area contributed by atoms with E-state index in [0.717, 1.165) is 37.4 Å². The van der Waals surface area contributed by atoms with Gasteiger partial charge in [0.2, 0.25) is 5.91 Å². The molecule has 1 saturated heterocycles. The molecule has 27 heavy (non-hydrogen) atoms. The average molecular weight is 385 g/mol. The van der Waals surface area contributed by atoms with Crippen LogP contribution in [0, 0.1) is 5.41 Å². The van der Waals surface area contributed by atoms with Gasteiger partial charge in [-0.25, -0.2) is 0 Å². The Morgan fingerprint density at radius 2 is 2.15 bits per heavy atom. The van der Waals surface area contributed by atoms with Gasteiger partial charge in [-0.05, 0) is 84.3 Å². The summed E-state index contributed by atoms with van der Waals surface area (Å²) in [7, 11) is 1.68. The average Bonchev–Trinajstić information content (AvgIpc) is 3.13. The van der Waals surface area contributed by atoms with Crippen LogP contribution in [0.25, 0.3) is 0 Å². The van der Waals surface area contributed by atoms with E-state index >= 15 is 0 Å². The Morgan fingerprint density at radius 3 is 2.89 bits per heavy atom. The highest BCUT2D eigenvalue weighted by Crippen LogP contribution is 2.56. The van der Waals surface area contributed by atoms with Gasteiger partial charge in [-0.15, -0.1) is 0 Å². The first-order chi connectivity index (χ1) is 13.2. The molecule has 144 valence electrons. The highest BCUT2D eigenvalue weighted by atomic mass is 32.1. The molecule has 1 aromatic heterocycles. The zero-order valence-corrected chi connectivity index (χ0v) is 16.8. The Kier molecular flexibility index (Phi) is 5.50. The standard InChI is InChI=1S/C22H28N2O2S/c1-26-19-4-2-3-17(13-19)5-6-21(25)24(15-18-7-12-27-16-18)20-14-22(20)8-10-23-11-9-22/h2-4,7,12-13,16,20,23H,5-6,8-11,14-15H2,1H3. The van der Waals surface area contributed by atoms with Crippen molar-refractivity contribution in [2.45, 2.75) is 44.7 Å². The summed E-state index contributed by atoms with van der Waals surface area (Å²) in [5.41, 5.74) is 2.78. The summed E-state index contributed by atoms with van der Waals surface area (Å²) in [5, 5.41) is 7.72. The molecule has 2 fully saturated rings. The Hall–Kier alpha value is -1.85. The number of benzene rings is 1. The van der Waals surface area contributed by atoms with E-state index in [1.807, 2.05) is 18.2 Å². The topological polar surface area (TPSA) is 41.6 Å². The Bertz CT molecular complexity index is 768. The number of thiophene rings is 1. The smallest absolute Gasteiger partial charge is 0.223 e. The van der Waals surface area contributed by atoms with Crippen molar-refractivity contribution in [1.29, 1.82) is 0 Å². The lowest BCUT2D eigenvalue weighted by Gasteiger charge is -2.29. The zero-order valence-electron chi connectivity index (χ0n) is 15.9. The third kappa shape index (κ3) is 4.19. The van der Waals surface area contributed by atoms with Gasteiger partial charge in [0, 0.05) is 19.0 Å². The summed E-state index contributed by atoms with van der Waals surface area (Å²) in [6, 6.07) is 10.6. The van der Waals surface area contributed by atoms with Gasteiger partial charge in [-0.3, -0.25) is 4.79 Å². The number of ether oxygens (including phenoxy) is 1. The molecule has 4 rings (SSSR count). The third-order valence-electron chi connectivity index (χ3n) is 6.14. The summed E-state index contributed by atoms with van der Waals surface area (Å²) in [4.78, 5) is 15.4. The summed E-state index contributed by atoms with van der Waals surface area (Å²) in [5.74, 6) is 1.13.